The Morgan fingerprint density at radius 3 is 2.47 bits per heavy atom. The molecule has 0 aliphatic heterocycles. The summed E-state index contributed by atoms with van der Waals surface area (Å²) < 4.78 is 25.6. The standard InChI is InChI=1S/C12H18N2O4S/c1-3-13-12(16)9-14(4-2)19(17,18)11-8-6-5-7-10(11)15/h5-8,15H,3-4,9H2,1-2H3,(H,13,16). The monoisotopic (exact) mass is 286 g/mol. The summed E-state index contributed by atoms with van der Waals surface area (Å²) in [7, 11) is -3.87. The third-order valence-corrected chi connectivity index (χ3v) is 4.50. The van der Waals surface area contributed by atoms with Gasteiger partial charge in [-0.15, -0.1) is 0 Å². The van der Waals surface area contributed by atoms with Gasteiger partial charge in [0, 0.05) is 13.1 Å². The normalized spacial score (nSPS) is 11.5. The molecule has 1 aromatic carbocycles. The van der Waals surface area contributed by atoms with E-state index in [1.54, 1.807) is 13.8 Å². The number of nitrogens with one attached hydrogen (secondary N) is 1. The van der Waals surface area contributed by atoms with Gasteiger partial charge in [0.2, 0.25) is 15.9 Å². The van der Waals surface area contributed by atoms with E-state index in [1.165, 1.54) is 24.3 Å². The van der Waals surface area contributed by atoms with Crippen LogP contribution < -0.4 is 5.32 Å². The summed E-state index contributed by atoms with van der Waals surface area (Å²) in [6.07, 6.45) is 0. The predicted octanol–water partition coefficient (Wildman–Crippen LogP) is 0.539. The van der Waals surface area contributed by atoms with Crippen LogP contribution in [0.5, 0.6) is 5.75 Å². The number of rotatable bonds is 6. The Balaban J connectivity index is 3.03. The molecule has 7 heteroatoms. The first-order chi connectivity index (χ1) is 8.93. The molecule has 0 spiro atoms. The lowest BCUT2D eigenvalue weighted by atomic mass is 10.3. The van der Waals surface area contributed by atoms with Crippen molar-refractivity contribution in [3.05, 3.63) is 24.3 Å². The van der Waals surface area contributed by atoms with Crippen LogP contribution >= 0.6 is 0 Å². The third-order valence-electron chi connectivity index (χ3n) is 2.53. The first-order valence-corrected chi connectivity index (χ1v) is 7.42. The van der Waals surface area contributed by atoms with Crippen LogP contribution in [0.4, 0.5) is 0 Å². The number of para-hydroxylation sites is 1. The van der Waals surface area contributed by atoms with Crippen LogP contribution in [0, 0.1) is 0 Å². The fraction of sp³-hybridized carbons (Fsp3) is 0.417. The molecule has 0 aliphatic carbocycles. The quantitative estimate of drug-likeness (QED) is 0.799. The summed E-state index contributed by atoms with van der Waals surface area (Å²) in [4.78, 5) is 11.3. The molecular formula is C12H18N2O4S. The van der Waals surface area contributed by atoms with Crippen molar-refractivity contribution in [2.45, 2.75) is 18.7 Å². The number of hydrogen-bond acceptors (Lipinski definition) is 4. The number of phenols is 1. The molecule has 0 heterocycles. The highest BCUT2D eigenvalue weighted by atomic mass is 32.2. The van der Waals surface area contributed by atoms with Crippen LogP contribution in [-0.2, 0) is 14.8 Å². The molecule has 2 N–H and O–H groups in total. The molecule has 0 unspecified atom stereocenters. The van der Waals surface area contributed by atoms with Gasteiger partial charge in [-0.25, -0.2) is 8.42 Å². The van der Waals surface area contributed by atoms with Crippen molar-refractivity contribution >= 4 is 15.9 Å². The minimum Gasteiger partial charge on any atom is -0.507 e. The maximum atomic E-state index is 12.3. The second kappa shape index (κ2) is 6.53. The highest BCUT2D eigenvalue weighted by Crippen LogP contribution is 2.24. The van der Waals surface area contributed by atoms with E-state index in [0.717, 1.165) is 4.31 Å². The van der Waals surface area contributed by atoms with E-state index in [0.29, 0.717) is 6.54 Å². The number of aromatic hydroxyl groups is 1. The lowest BCUT2D eigenvalue weighted by molar-refractivity contribution is -0.121. The van der Waals surface area contributed by atoms with Gasteiger partial charge in [0.05, 0.1) is 6.54 Å². The molecular weight excluding hydrogens is 268 g/mol. The van der Waals surface area contributed by atoms with Gasteiger partial charge in [-0.2, -0.15) is 4.31 Å². The van der Waals surface area contributed by atoms with Crippen LogP contribution in [0.1, 0.15) is 13.8 Å². The molecule has 0 saturated heterocycles. The Bertz CT molecular complexity index is 542. The van der Waals surface area contributed by atoms with Gasteiger partial charge >= 0.3 is 0 Å². The maximum absolute atomic E-state index is 12.3. The number of sulfonamides is 1. The van der Waals surface area contributed by atoms with Gasteiger partial charge in [-0.05, 0) is 19.1 Å². The fourth-order valence-corrected chi connectivity index (χ4v) is 3.08. The molecule has 0 bridgehead atoms. The molecule has 6 nitrogen and oxygen atoms in total. The summed E-state index contributed by atoms with van der Waals surface area (Å²) in [5.41, 5.74) is 0. The summed E-state index contributed by atoms with van der Waals surface area (Å²) >= 11 is 0. The molecule has 1 aromatic rings. The van der Waals surface area contributed by atoms with E-state index in [9.17, 15) is 18.3 Å². The number of hydrogen-bond donors (Lipinski definition) is 2. The maximum Gasteiger partial charge on any atom is 0.247 e. The molecule has 1 amide bonds. The summed E-state index contributed by atoms with van der Waals surface area (Å²) in [5.74, 6) is -0.694. The fourth-order valence-electron chi connectivity index (χ4n) is 1.59. The van der Waals surface area contributed by atoms with Crippen molar-refractivity contribution in [1.82, 2.24) is 9.62 Å². The van der Waals surface area contributed by atoms with Crippen molar-refractivity contribution in [1.29, 1.82) is 0 Å². The van der Waals surface area contributed by atoms with Crippen LogP contribution in [0.15, 0.2) is 29.2 Å². The number of phenolic OH excluding ortho intramolecular Hbond substituents is 1. The van der Waals surface area contributed by atoms with Gasteiger partial charge in [0.25, 0.3) is 0 Å². The lowest BCUT2D eigenvalue weighted by Crippen LogP contribution is -2.40. The first kappa shape index (κ1) is 15.5. The Labute approximate surface area is 113 Å². The lowest BCUT2D eigenvalue weighted by Gasteiger charge is -2.20. The third kappa shape index (κ3) is 3.68. The average molecular weight is 286 g/mol. The zero-order valence-corrected chi connectivity index (χ0v) is 11.8. The van der Waals surface area contributed by atoms with E-state index in [1.807, 2.05) is 0 Å². The average Bonchev–Trinajstić information content (AvgIpc) is 2.36. The number of carbonyl (C=O) groups is 1. The largest absolute Gasteiger partial charge is 0.507 e. The number of benzene rings is 1. The van der Waals surface area contributed by atoms with E-state index in [-0.39, 0.29) is 29.6 Å². The number of carbonyl (C=O) groups excluding carboxylic acids is 1. The molecule has 19 heavy (non-hydrogen) atoms. The van der Waals surface area contributed by atoms with Gasteiger partial charge < -0.3 is 10.4 Å². The Kier molecular flexibility index (Phi) is 5.31. The predicted molar refractivity (Wildman–Crippen MR) is 71.2 cm³/mol. The molecule has 106 valence electrons. The SMILES string of the molecule is CCNC(=O)CN(CC)S(=O)(=O)c1ccccc1O. The van der Waals surface area contributed by atoms with Crippen molar-refractivity contribution in [3.8, 4) is 5.75 Å². The van der Waals surface area contributed by atoms with Crippen LogP contribution in [0.2, 0.25) is 0 Å². The van der Waals surface area contributed by atoms with Crippen molar-refractivity contribution in [3.63, 3.8) is 0 Å². The molecule has 0 fully saturated rings. The molecule has 1 rings (SSSR count). The summed E-state index contributed by atoms with van der Waals surface area (Å²) in [6.45, 7) is 3.71. The zero-order chi connectivity index (χ0) is 14.5. The second-order valence-corrected chi connectivity index (χ2v) is 5.76. The Morgan fingerprint density at radius 1 is 1.32 bits per heavy atom. The van der Waals surface area contributed by atoms with Gasteiger partial charge in [0.1, 0.15) is 10.6 Å². The van der Waals surface area contributed by atoms with Crippen LogP contribution in [0.25, 0.3) is 0 Å². The van der Waals surface area contributed by atoms with Crippen molar-refractivity contribution < 1.29 is 18.3 Å². The van der Waals surface area contributed by atoms with Gasteiger partial charge in [-0.1, -0.05) is 19.1 Å². The van der Waals surface area contributed by atoms with Gasteiger partial charge in [-0.3, -0.25) is 4.79 Å². The van der Waals surface area contributed by atoms with Gasteiger partial charge in [0.15, 0.2) is 0 Å². The number of amides is 1. The second-order valence-electron chi connectivity index (χ2n) is 3.85. The van der Waals surface area contributed by atoms with Crippen molar-refractivity contribution in [2.75, 3.05) is 19.6 Å². The van der Waals surface area contributed by atoms with Crippen LogP contribution in [0.3, 0.4) is 0 Å². The molecule has 0 aliphatic rings. The molecule has 0 aromatic heterocycles. The molecule has 0 saturated carbocycles. The highest BCUT2D eigenvalue weighted by Gasteiger charge is 2.27. The van der Waals surface area contributed by atoms with E-state index < -0.39 is 10.0 Å². The zero-order valence-electron chi connectivity index (χ0n) is 11.0. The Hall–Kier alpha value is -1.60. The van der Waals surface area contributed by atoms with E-state index in [4.69, 9.17) is 0 Å². The molecule has 0 radical (unpaired) electrons. The number of nitrogens with zero attached hydrogens (tertiary/aromatic N) is 1. The topological polar surface area (TPSA) is 86.7 Å². The van der Waals surface area contributed by atoms with E-state index >= 15 is 0 Å². The minimum atomic E-state index is -3.87. The van der Waals surface area contributed by atoms with Crippen molar-refractivity contribution in [2.24, 2.45) is 0 Å². The van der Waals surface area contributed by atoms with E-state index in [2.05, 4.69) is 5.32 Å². The first-order valence-electron chi connectivity index (χ1n) is 5.98. The Morgan fingerprint density at radius 2 is 1.95 bits per heavy atom. The summed E-state index contributed by atoms with van der Waals surface area (Å²) in [6, 6.07) is 5.67. The molecule has 0 atom stereocenters. The smallest absolute Gasteiger partial charge is 0.247 e. The van der Waals surface area contributed by atoms with Crippen LogP contribution in [-0.4, -0.2) is 43.4 Å². The highest BCUT2D eigenvalue weighted by molar-refractivity contribution is 7.89. The minimum absolute atomic E-state index is 0.147. The summed E-state index contributed by atoms with van der Waals surface area (Å²) in [5, 5.41) is 12.2. The number of likely N-dealkylation sites (N-methyl/N-ethyl adjacent to an activating group) is 2.